The third kappa shape index (κ3) is 2.92. The number of hydrogen-bond acceptors (Lipinski definition) is 2. The van der Waals surface area contributed by atoms with Crippen molar-refractivity contribution in [2.45, 2.75) is 19.3 Å². The van der Waals surface area contributed by atoms with Gasteiger partial charge >= 0.3 is 0 Å². The Balaban J connectivity index is 3.16. The maximum atomic E-state index is 13.5. The van der Waals surface area contributed by atoms with Gasteiger partial charge in [0.1, 0.15) is 5.75 Å². The number of halogens is 2. The first-order valence-corrected chi connectivity index (χ1v) is 5.19. The molecule has 0 bridgehead atoms. The van der Waals surface area contributed by atoms with Crippen molar-refractivity contribution in [2.24, 2.45) is 0 Å². The van der Waals surface area contributed by atoms with Gasteiger partial charge in [0.05, 0.1) is 12.7 Å². The van der Waals surface area contributed by atoms with E-state index in [9.17, 15) is 8.78 Å². The monoisotopic (exact) mass is 229 g/mol. The molecule has 0 spiro atoms. The van der Waals surface area contributed by atoms with Crippen molar-refractivity contribution in [3.05, 3.63) is 29.3 Å². The van der Waals surface area contributed by atoms with E-state index in [0.29, 0.717) is 18.5 Å². The van der Waals surface area contributed by atoms with E-state index in [1.54, 1.807) is 25.2 Å². The van der Waals surface area contributed by atoms with Crippen LogP contribution in [0.2, 0.25) is 0 Å². The molecule has 2 nitrogen and oxygen atoms in total. The Labute approximate surface area is 94.6 Å². The number of rotatable bonds is 5. The fraction of sp³-hybridized carbons (Fsp3) is 0.500. The van der Waals surface area contributed by atoms with Gasteiger partial charge in [-0.1, -0.05) is 12.1 Å². The van der Waals surface area contributed by atoms with E-state index in [0.717, 1.165) is 6.92 Å². The van der Waals surface area contributed by atoms with Gasteiger partial charge in [-0.15, -0.1) is 0 Å². The van der Waals surface area contributed by atoms with Crippen LogP contribution in [0.3, 0.4) is 0 Å². The Kier molecular flexibility index (Phi) is 4.24. The maximum Gasteiger partial charge on any atom is 0.274 e. The van der Waals surface area contributed by atoms with Crippen LogP contribution < -0.4 is 10.1 Å². The predicted octanol–water partition coefficient (Wildman–Crippen LogP) is 2.57. The summed E-state index contributed by atoms with van der Waals surface area (Å²) >= 11 is 0. The van der Waals surface area contributed by atoms with E-state index in [-0.39, 0.29) is 11.3 Å². The summed E-state index contributed by atoms with van der Waals surface area (Å²) in [5.74, 6) is -2.63. The van der Waals surface area contributed by atoms with Crippen LogP contribution >= 0.6 is 0 Å². The highest BCUT2D eigenvalue weighted by Gasteiger charge is 2.31. The lowest BCUT2D eigenvalue weighted by atomic mass is 9.99. The number of benzene rings is 1. The first kappa shape index (κ1) is 12.9. The number of nitrogens with one attached hydrogen (secondary N) is 1. The number of hydrogen-bond donors (Lipinski definition) is 1. The van der Waals surface area contributed by atoms with Gasteiger partial charge in [0, 0.05) is 6.92 Å². The van der Waals surface area contributed by atoms with E-state index < -0.39 is 5.92 Å². The first-order chi connectivity index (χ1) is 7.50. The molecule has 0 fully saturated rings. The molecule has 0 aliphatic heterocycles. The molecule has 0 unspecified atom stereocenters. The molecule has 1 N–H and O–H groups in total. The zero-order chi connectivity index (χ0) is 12.2. The average Bonchev–Trinajstić information content (AvgIpc) is 2.24. The van der Waals surface area contributed by atoms with Gasteiger partial charge in [0.15, 0.2) is 0 Å². The molecule has 16 heavy (non-hydrogen) atoms. The lowest BCUT2D eigenvalue weighted by Crippen LogP contribution is -2.17. The van der Waals surface area contributed by atoms with Gasteiger partial charge in [0.2, 0.25) is 0 Å². The summed E-state index contributed by atoms with van der Waals surface area (Å²) in [4.78, 5) is 0. The quantitative estimate of drug-likeness (QED) is 0.837. The Morgan fingerprint density at radius 2 is 2.06 bits per heavy atom. The number of methoxy groups -OCH3 is 1. The van der Waals surface area contributed by atoms with Gasteiger partial charge in [-0.25, -0.2) is 8.78 Å². The fourth-order valence-electron chi connectivity index (χ4n) is 1.71. The highest BCUT2D eigenvalue weighted by Crippen LogP contribution is 2.37. The molecule has 1 aromatic rings. The van der Waals surface area contributed by atoms with Crippen LogP contribution in [0.15, 0.2) is 18.2 Å². The van der Waals surface area contributed by atoms with Crippen LogP contribution in [0.5, 0.6) is 5.75 Å². The second-order valence-corrected chi connectivity index (χ2v) is 3.74. The normalized spacial score (nSPS) is 11.6. The van der Waals surface area contributed by atoms with Crippen LogP contribution in [-0.2, 0) is 12.3 Å². The van der Waals surface area contributed by atoms with Crippen molar-refractivity contribution in [3.8, 4) is 5.75 Å². The van der Waals surface area contributed by atoms with Gasteiger partial charge in [-0.05, 0) is 31.6 Å². The molecule has 0 saturated heterocycles. The van der Waals surface area contributed by atoms with Gasteiger partial charge in [0.25, 0.3) is 5.92 Å². The molecule has 0 atom stereocenters. The van der Waals surface area contributed by atoms with Crippen molar-refractivity contribution < 1.29 is 13.5 Å². The predicted molar refractivity (Wildman–Crippen MR) is 60.2 cm³/mol. The van der Waals surface area contributed by atoms with Crippen molar-refractivity contribution >= 4 is 0 Å². The topological polar surface area (TPSA) is 21.3 Å². The summed E-state index contributed by atoms with van der Waals surface area (Å²) < 4.78 is 32.0. The fourth-order valence-corrected chi connectivity index (χ4v) is 1.71. The SMILES string of the molecule is CNCCc1cccc(OC)c1C(C)(F)F. The first-order valence-electron chi connectivity index (χ1n) is 5.19. The van der Waals surface area contributed by atoms with E-state index in [2.05, 4.69) is 5.32 Å². The number of alkyl halides is 2. The Morgan fingerprint density at radius 3 is 2.56 bits per heavy atom. The van der Waals surface area contributed by atoms with Crippen LogP contribution in [0, 0.1) is 0 Å². The smallest absolute Gasteiger partial charge is 0.274 e. The summed E-state index contributed by atoms with van der Waals surface area (Å²) in [7, 11) is 3.20. The lowest BCUT2D eigenvalue weighted by molar-refractivity contribution is 0.0141. The summed E-state index contributed by atoms with van der Waals surface area (Å²) in [6.07, 6.45) is 0.562. The summed E-state index contributed by atoms with van der Waals surface area (Å²) in [6.45, 7) is 1.56. The number of ether oxygens (including phenoxy) is 1. The molecule has 4 heteroatoms. The molecule has 0 aromatic heterocycles. The molecule has 0 aliphatic rings. The van der Waals surface area contributed by atoms with Crippen molar-refractivity contribution in [2.75, 3.05) is 20.7 Å². The minimum absolute atomic E-state index is 0.00671. The lowest BCUT2D eigenvalue weighted by Gasteiger charge is -2.19. The van der Waals surface area contributed by atoms with Crippen LogP contribution in [0.4, 0.5) is 8.78 Å². The standard InChI is InChI=1S/C12H17F2NO/c1-12(13,14)11-9(7-8-15-2)5-4-6-10(11)16-3/h4-6,15H,7-8H2,1-3H3. The molecular weight excluding hydrogens is 212 g/mol. The van der Waals surface area contributed by atoms with Crippen LogP contribution in [-0.4, -0.2) is 20.7 Å². The van der Waals surface area contributed by atoms with E-state index in [4.69, 9.17) is 4.74 Å². The third-order valence-corrected chi connectivity index (χ3v) is 2.42. The Bertz CT molecular complexity index is 347. The summed E-state index contributed by atoms with van der Waals surface area (Å²) in [5, 5.41) is 2.95. The van der Waals surface area contributed by atoms with Crippen molar-refractivity contribution in [3.63, 3.8) is 0 Å². The van der Waals surface area contributed by atoms with Crippen LogP contribution in [0.25, 0.3) is 0 Å². The maximum absolute atomic E-state index is 13.5. The minimum atomic E-state index is -2.88. The van der Waals surface area contributed by atoms with Crippen molar-refractivity contribution in [1.29, 1.82) is 0 Å². The molecule has 0 heterocycles. The minimum Gasteiger partial charge on any atom is -0.496 e. The highest BCUT2D eigenvalue weighted by atomic mass is 19.3. The van der Waals surface area contributed by atoms with Gasteiger partial charge < -0.3 is 10.1 Å². The van der Waals surface area contributed by atoms with Crippen molar-refractivity contribution in [1.82, 2.24) is 5.32 Å². The summed E-state index contributed by atoms with van der Waals surface area (Å²) in [6, 6.07) is 5.02. The molecule has 0 aliphatic carbocycles. The number of likely N-dealkylation sites (N-methyl/N-ethyl adjacent to an activating group) is 1. The van der Waals surface area contributed by atoms with E-state index in [1.807, 2.05) is 0 Å². The molecule has 0 amide bonds. The molecule has 1 rings (SSSR count). The second-order valence-electron chi connectivity index (χ2n) is 3.74. The van der Waals surface area contributed by atoms with Crippen LogP contribution in [0.1, 0.15) is 18.1 Å². The Morgan fingerprint density at radius 1 is 1.38 bits per heavy atom. The second kappa shape index (κ2) is 5.25. The zero-order valence-electron chi connectivity index (χ0n) is 9.81. The average molecular weight is 229 g/mol. The van der Waals surface area contributed by atoms with Gasteiger partial charge in [-0.2, -0.15) is 0 Å². The third-order valence-electron chi connectivity index (χ3n) is 2.42. The largest absolute Gasteiger partial charge is 0.496 e. The summed E-state index contributed by atoms with van der Waals surface area (Å²) in [5.41, 5.74) is 0.619. The zero-order valence-corrected chi connectivity index (χ0v) is 9.81. The van der Waals surface area contributed by atoms with E-state index in [1.165, 1.54) is 7.11 Å². The highest BCUT2D eigenvalue weighted by molar-refractivity contribution is 5.43. The molecule has 0 saturated carbocycles. The Hall–Kier alpha value is -1.16. The molecular formula is C12H17F2NO. The van der Waals surface area contributed by atoms with E-state index >= 15 is 0 Å². The molecule has 1 aromatic carbocycles. The van der Waals surface area contributed by atoms with Gasteiger partial charge in [-0.3, -0.25) is 0 Å². The molecule has 90 valence electrons. The molecule has 0 radical (unpaired) electrons.